The molecule has 2 rings (SSSR count). The Bertz CT molecular complexity index is 394. The first-order chi connectivity index (χ1) is 9.08. The monoisotopic (exact) mass is 281 g/mol. The van der Waals surface area contributed by atoms with Gasteiger partial charge in [-0.1, -0.05) is 12.1 Å². The van der Waals surface area contributed by atoms with Gasteiger partial charge in [0.15, 0.2) is 0 Å². The summed E-state index contributed by atoms with van der Waals surface area (Å²) < 4.78 is 5.62. The van der Waals surface area contributed by atoms with E-state index in [1.54, 1.807) is 0 Å². The fourth-order valence-electron chi connectivity index (χ4n) is 2.28. The van der Waals surface area contributed by atoms with Gasteiger partial charge in [-0.25, -0.2) is 0 Å². The average Bonchev–Trinajstić information content (AvgIpc) is 2.39. The van der Waals surface area contributed by atoms with Crippen molar-refractivity contribution in [2.24, 2.45) is 0 Å². The summed E-state index contributed by atoms with van der Waals surface area (Å²) in [6.45, 7) is 5.06. The molecule has 0 aliphatic carbocycles. The molecule has 1 aromatic carbocycles. The Hall–Kier alpha value is -0.710. The summed E-state index contributed by atoms with van der Waals surface area (Å²) in [6.07, 6.45) is -0.248. The van der Waals surface area contributed by atoms with Crippen LogP contribution >= 0.6 is 11.8 Å². The molecule has 0 saturated carbocycles. The summed E-state index contributed by atoms with van der Waals surface area (Å²) in [6, 6.07) is 8.02. The van der Waals surface area contributed by atoms with Gasteiger partial charge >= 0.3 is 0 Å². The summed E-state index contributed by atoms with van der Waals surface area (Å²) in [4.78, 5) is 2.25. The minimum atomic E-state index is -0.425. The number of thioether (sulfide) groups is 1. The van der Waals surface area contributed by atoms with Gasteiger partial charge in [0, 0.05) is 24.1 Å². The lowest BCUT2D eigenvalue weighted by molar-refractivity contribution is 0.0758. The van der Waals surface area contributed by atoms with Crippen LogP contribution in [0.15, 0.2) is 24.3 Å². The third kappa shape index (κ3) is 3.88. The number of aliphatic hydroxyl groups excluding tert-OH is 1. The van der Waals surface area contributed by atoms with Crippen molar-refractivity contribution in [1.82, 2.24) is 4.90 Å². The Morgan fingerprint density at radius 2 is 2.00 bits per heavy atom. The van der Waals surface area contributed by atoms with Crippen LogP contribution in [0.5, 0.6) is 5.75 Å². The molecule has 0 bridgehead atoms. The summed E-state index contributed by atoms with van der Waals surface area (Å²) in [5.41, 5.74) is 0.968. The van der Waals surface area contributed by atoms with Gasteiger partial charge in [-0.15, -0.1) is 0 Å². The highest BCUT2D eigenvalue weighted by Crippen LogP contribution is 2.27. The normalized spacial score (nSPS) is 22.5. The van der Waals surface area contributed by atoms with Crippen LogP contribution in [0.4, 0.5) is 0 Å². The largest absolute Gasteiger partial charge is 0.491 e. The van der Waals surface area contributed by atoms with E-state index in [9.17, 15) is 5.11 Å². The van der Waals surface area contributed by atoms with Crippen LogP contribution in [0.1, 0.15) is 25.5 Å². The van der Waals surface area contributed by atoms with Crippen LogP contribution in [0.25, 0.3) is 0 Å². The zero-order chi connectivity index (χ0) is 13.8. The smallest absolute Gasteiger partial charge is 0.119 e. The third-order valence-corrected chi connectivity index (χ3v) is 4.45. The first kappa shape index (κ1) is 14.7. The highest BCUT2D eigenvalue weighted by molar-refractivity contribution is 7.99. The Morgan fingerprint density at radius 3 is 2.58 bits per heavy atom. The minimum absolute atomic E-state index is 0.177. The predicted molar refractivity (Wildman–Crippen MR) is 80.9 cm³/mol. The number of benzene rings is 1. The van der Waals surface area contributed by atoms with Gasteiger partial charge in [-0.2, -0.15) is 11.8 Å². The first-order valence-corrected chi connectivity index (χ1v) is 7.96. The molecular weight excluding hydrogens is 258 g/mol. The van der Waals surface area contributed by atoms with Crippen LogP contribution in [0.3, 0.4) is 0 Å². The maximum Gasteiger partial charge on any atom is 0.119 e. The van der Waals surface area contributed by atoms with Gasteiger partial charge in [-0.3, -0.25) is 4.90 Å². The second kappa shape index (κ2) is 6.64. The highest BCUT2D eigenvalue weighted by atomic mass is 32.2. The van der Waals surface area contributed by atoms with Crippen molar-refractivity contribution < 1.29 is 9.84 Å². The number of likely N-dealkylation sites (N-methyl/N-ethyl adjacent to an activating group) is 1. The topological polar surface area (TPSA) is 32.7 Å². The maximum absolute atomic E-state index is 10.5. The number of hydrogen-bond donors (Lipinski definition) is 1. The Balaban J connectivity index is 2.04. The van der Waals surface area contributed by atoms with E-state index >= 15 is 0 Å². The molecule has 4 heteroatoms. The zero-order valence-electron chi connectivity index (χ0n) is 11.9. The van der Waals surface area contributed by atoms with Crippen LogP contribution < -0.4 is 4.74 Å². The molecule has 1 saturated heterocycles. The standard InChI is InChI=1S/C15H23NO2S/c1-11(2)18-13-6-4-12(5-7-13)15(17)14-10-19-9-8-16(14)3/h4-7,11,14-15,17H,8-10H2,1-3H3. The van der Waals surface area contributed by atoms with Crippen molar-refractivity contribution in [3.8, 4) is 5.75 Å². The molecule has 0 amide bonds. The fourth-order valence-corrected chi connectivity index (χ4v) is 3.54. The molecule has 0 radical (unpaired) electrons. The van der Waals surface area contributed by atoms with Crippen LogP contribution in [0.2, 0.25) is 0 Å². The second-order valence-corrected chi connectivity index (χ2v) is 6.45. The molecule has 1 N–H and O–H groups in total. The van der Waals surface area contributed by atoms with Crippen molar-refractivity contribution >= 4 is 11.8 Å². The number of ether oxygens (including phenoxy) is 1. The Morgan fingerprint density at radius 1 is 1.32 bits per heavy atom. The summed E-state index contributed by atoms with van der Waals surface area (Å²) in [5, 5.41) is 10.5. The number of rotatable bonds is 4. The molecule has 3 nitrogen and oxygen atoms in total. The van der Waals surface area contributed by atoms with Crippen LogP contribution in [-0.4, -0.2) is 47.3 Å². The lowest BCUT2D eigenvalue weighted by Crippen LogP contribution is -2.43. The molecule has 1 heterocycles. The Labute approximate surface area is 120 Å². The van der Waals surface area contributed by atoms with Crippen molar-refractivity contribution in [2.75, 3.05) is 25.1 Å². The van der Waals surface area contributed by atoms with Gasteiger partial charge in [-0.05, 0) is 38.6 Å². The molecule has 0 spiro atoms. The molecule has 1 aromatic rings. The Kier molecular flexibility index (Phi) is 5.13. The summed E-state index contributed by atoms with van der Waals surface area (Å²) in [7, 11) is 2.09. The van der Waals surface area contributed by atoms with E-state index in [4.69, 9.17) is 4.74 Å². The molecule has 2 unspecified atom stereocenters. The van der Waals surface area contributed by atoms with Gasteiger partial charge < -0.3 is 9.84 Å². The minimum Gasteiger partial charge on any atom is -0.491 e. The van der Waals surface area contributed by atoms with E-state index in [0.29, 0.717) is 0 Å². The van der Waals surface area contributed by atoms with Gasteiger partial charge in [0.05, 0.1) is 12.2 Å². The molecule has 0 aromatic heterocycles. The molecular formula is C15H23NO2S. The lowest BCUT2D eigenvalue weighted by atomic mass is 10.0. The highest BCUT2D eigenvalue weighted by Gasteiger charge is 2.27. The molecule has 1 fully saturated rings. The van der Waals surface area contributed by atoms with Crippen LogP contribution in [0, 0.1) is 0 Å². The van der Waals surface area contributed by atoms with E-state index in [2.05, 4.69) is 11.9 Å². The van der Waals surface area contributed by atoms with Crippen molar-refractivity contribution in [3.63, 3.8) is 0 Å². The van der Waals surface area contributed by atoms with Crippen molar-refractivity contribution in [3.05, 3.63) is 29.8 Å². The van der Waals surface area contributed by atoms with E-state index in [0.717, 1.165) is 29.4 Å². The van der Waals surface area contributed by atoms with E-state index in [1.165, 1.54) is 0 Å². The first-order valence-electron chi connectivity index (χ1n) is 6.80. The molecule has 2 atom stereocenters. The maximum atomic E-state index is 10.5. The van der Waals surface area contributed by atoms with Crippen LogP contribution in [-0.2, 0) is 0 Å². The summed E-state index contributed by atoms with van der Waals surface area (Å²) >= 11 is 1.91. The SMILES string of the molecule is CC(C)Oc1ccc(C(O)C2CSCCN2C)cc1. The summed E-state index contributed by atoms with van der Waals surface area (Å²) in [5.74, 6) is 3.00. The number of hydrogen-bond acceptors (Lipinski definition) is 4. The zero-order valence-corrected chi connectivity index (χ0v) is 12.7. The molecule has 1 aliphatic rings. The van der Waals surface area contributed by atoms with E-state index in [1.807, 2.05) is 49.9 Å². The molecule has 106 valence electrons. The van der Waals surface area contributed by atoms with Gasteiger partial charge in [0.2, 0.25) is 0 Å². The van der Waals surface area contributed by atoms with E-state index < -0.39 is 6.10 Å². The van der Waals surface area contributed by atoms with Crippen molar-refractivity contribution in [2.45, 2.75) is 32.1 Å². The second-order valence-electron chi connectivity index (χ2n) is 5.30. The van der Waals surface area contributed by atoms with Gasteiger partial charge in [0.25, 0.3) is 0 Å². The molecule has 19 heavy (non-hydrogen) atoms. The number of aliphatic hydroxyl groups is 1. The fraction of sp³-hybridized carbons (Fsp3) is 0.600. The predicted octanol–water partition coefficient (Wildman–Crippen LogP) is 2.55. The molecule has 1 aliphatic heterocycles. The third-order valence-electron chi connectivity index (χ3n) is 3.40. The van der Waals surface area contributed by atoms with Gasteiger partial charge in [0.1, 0.15) is 5.75 Å². The van der Waals surface area contributed by atoms with E-state index in [-0.39, 0.29) is 12.1 Å². The average molecular weight is 281 g/mol. The number of nitrogens with zero attached hydrogens (tertiary/aromatic N) is 1. The lowest BCUT2D eigenvalue weighted by Gasteiger charge is -2.35. The quantitative estimate of drug-likeness (QED) is 0.919. The van der Waals surface area contributed by atoms with Crippen molar-refractivity contribution in [1.29, 1.82) is 0 Å².